The highest BCUT2D eigenvalue weighted by atomic mass is 19.3. The average Bonchev–Trinajstić information content (AvgIpc) is 2.19. The maximum atomic E-state index is 12.0. The smallest absolute Gasteiger partial charge is 0.255 e. The van der Waals surface area contributed by atoms with E-state index in [1.165, 1.54) is 0 Å². The van der Waals surface area contributed by atoms with Gasteiger partial charge in [-0.25, -0.2) is 8.78 Å². The summed E-state index contributed by atoms with van der Waals surface area (Å²) in [6.45, 7) is 1.90. The number of hydrogen-bond donors (Lipinski definition) is 2. The Hall–Kier alpha value is -1.52. The molecule has 0 fully saturated rings. The molecule has 0 aliphatic rings. The van der Waals surface area contributed by atoms with Gasteiger partial charge in [-0.05, 0) is 19.1 Å². The molecule has 0 spiro atoms. The highest BCUT2D eigenvalue weighted by molar-refractivity contribution is 5.72. The molecule has 15 heavy (non-hydrogen) atoms. The Labute approximate surface area is 87.2 Å². The van der Waals surface area contributed by atoms with Gasteiger partial charge >= 0.3 is 0 Å². The second kappa shape index (κ2) is 5.38. The van der Waals surface area contributed by atoms with Crippen molar-refractivity contribution in [3.63, 3.8) is 0 Å². The Balaban J connectivity index is 2.75. The SMILES string of the molecule is CCOc1cccc(NCC(F)F)c1N. The van der Waals surface area contributed by atoms with Gasteiger partial charge in [-0.1, -0.05) is 6.07 Å². The van der Waals surface area contributed by atoms with Crippen LogP contribution >= 0.6 is 0 Å². The summed E-state index contributed by atoms with van der Waals surface area (Å²) in [6.07, 6.45) is -2.40. The Morgan fingerprint density at radius 2 is 2.20 bits per heavy atom. The molecule has 0 saturated carbocycles. The molecule has 3 N–H and O–H groups in total. The lowest BCUT2D eigenvalue weighted by Gasteiger charge is -2.12. The summed E-state index contributed by atoms with van der Waals surface area (Å²) in [5, 5.41) is 2.56. The van der Waals surface area contributed by atoms with Crippen molar-refractivity contribution < 1.29 is 13.5 Å². The van der Waals surface area contributed by atoms with Crippen LogP contribution in [0.15, 0.2) is 18.2 Å². The fourth-order valence-corrected chi connectivity index (χ4v) is 1.17. The molecular formula is C10H14F2N2O. The van der Waals surface area contributed by atoms with Crippen molar-refractivity contribution in [2.24, 2.45) is 0 Å². The van der Waals surface area contributed by atoms with Gasteiger partial charge in [-0.2, -0.15) is 0 Å². The normalized spacial score (nSPS) is 10.4. The molecule has 0 saturated heterocycles. The minimum Gasteiger partial charge on any atom is -0.492 e. The molecule has 1 aromatic carbocycles. The molecule has 84 valence electrons. The number of halogens is 2. The first-order chi connectivity index (χ1) is 7.15. The van der Waals surface area contributed by atoms with Gasteiger partial charge in [0.15, 0.2) is 0 Å². The van der Waals surface area contributed by atoms with Crippen LogP contribution in [-0.4, -0.2) is 19.6 Å². The van der Waals surface area contributed by atoms with Crippen LogP contribution < -0.4 is 15.8 Å². The van der Waals surface area contributed by atoms with Gasteiger partial charge in [-0.15, -0.1) is 0 Å². The van der Waals surface area contributed by atoms with Crippen LogP contribution in [0, 0.1) is 0 Å². The summed E-state index contributed by atoms with van der Waals surface area (Å²) < 4.78 is 29.2. The number of nitrogens with one attached hydrogen (secondary N) is 1. The molecule has 5 heteroatoms. The van der Waals surface area contributed by atoms with Crippen LogP contribution in [0.3, 0.4) is 0 Å². The van der Waals surface area contributed by atoms with Crippen LogP contribution in [0.1, 0.15) is 6.92 Å². The number of hydrogen-bond acceptors (Lipinski definition) is 3. The Morgan fingerprint density at radius 1 is 1.47 bits per heavy atom. The lowest BCUT2D eigenvalue weighted by molar-refractivity contribution is 0.163. The van der Waals surface area contributed by atoms with E-state index < -0.39 is 13.0 Å². The first-order valence-electron chi connectivity index (χ1n) is 4.68. The van der Waals surface area contributed by atoms with Crippen molar-refractivity contribution in [3.8, 4) is 5.75 Å². The Bertz CT molecular complexity index is 318. The fraction of sp³-hybridized carbons (Fsp3) is 0.400. The van der Waals surface area contributed by atoms with E-state index in [1.54, 1.807) is 18.2 Å². The van der Waals surface area contributed by atoms with E-state index in [9.17, 15) is 8.78 Å². The number of alkyl halides is 2. The first-order valence-corrected chi connectivity index (χ1v) is 4.68. The van der Waals surface area contributed by atoms with E-state index in [0.717, 1.165) is 0 Å². The van der Waals surface area contributed by atoms with E-state index in [2.05, 4.69) is 5.32 Å². The van der Waals surface area contributed by atoms with E-state index >= 15 is 0 Å². The molecule has 0 aliphatic carbocycles. The molecule has 3 nitrogen and oxygen atoms in total. The monoisotopic (exact) mass is 216 g/mol. The molecule has 0 aromatic heterocycles. The lowest BCUT2D eigenvalue weighted by atomic mass is 10.2. The summed E-state index contributed by atoms with van der Waals surface area (Å²) in [7, 11) is 0. The molecule has 0 aliphatic heterocycles. The van der Waals surface area contributed by atoms with Gasteiger partial charge in [0.05, 0.1) is 24.5 Å². The fourth-order valence-electron chi connectivity index (χ4n) is 1.17. The zero-order valence-corrected chi connectivity index (χ0v) is 8.47. The molecule has 0 heterocycles. The largest absolute Gasteiger partial charge is 0.492 e. The summed E-state index contributed by atoms with van der Waals surface area (Å²) in [6, 6.07) is 5.04. The highest BCUT2D eigenvalue weighted by Crippen LogP contribution is 2.29. The second-order valence-electron chi connectivity index (χ2n) is 2.92. The Kier molecular flexibility index (Phi) is 4.15. The predicted molar refractivity (Wildman–Crippen MR) is 56.5 cm³/mol. The van der Waals surface area contributed by atoms with Gasteiger partial charge in [0.25, 0.3) is 6.43 Å². The van der Waals surface area contributed by atoms with Crippen LogP contribution in [0.4, 0.5) is 20.2 Å². The molecular weight excluding hydrogens is 202 g/mol. The van der Waals surface area contributed by atoms with Crippen molar-refractivity contribution in [1.82, 2.24) is 0 Å². The molecule has 0 radical (unpaired) electrons. The molecule has 1 aromatic rings. The molecule has 0 unspecified atom stereocenters. The topological polar surface area (TPSA) is 47.3 Å². The molecule has 0 bridgehead atoms. The van der Waals surface area contributed by atoms with Gasteiger partial charge < -0.3 is 15.8 Å². The van der Waals surface area contributed by atoms with Gasteiger partial charge in [0.2, 0.25) is 0 Å². The molecule has 1 rings (SSSR count). The zero-order valence-electron chi connectivity index (χ0n) is 8.47. The van der Waals surface area contributed by atoms with Gasteiger partial charge in [0, 0.05) is 0 Å². The van der Waals surface area contributed by atoms with E-state index in [0.29, 0.717) is 23.7 Å². The average molecular weight is 216 g/mol. The number of benzene rings is 1. The number of rotatable bonds is 5. The summed E-state index contributed by atoms with van der Waals surface area (Å²) in [5.74, 6) is 0.511. The van der Waals surface area contributed by atoms with E-state index in [1.807, 2.05) is 6.92 Å². The van der Waals surface area contributed by atoms with Crippen molar-refractivity contribution in [1.29, 1.82) is 0 Å². The van der Waals surface area contributed by atoms with Crippen molar-refractivity contribution in [2.45, 2.75) is 13.3 Å². The van der Waals surface area contributed by atoms with E-state index in [4.69, 9.17) is 10.5 Å². The van der Waals surface area contributed by atoms with E-state index in [-0.39, 0.29) is 0 Å². The quantitative estimate of drug-likeness (QED) is 0.743. The third-order valence-electron chi connectivity index (χ3n) is 1.81. The number of ether oxygens (including phenoxy) is 1. The van der Waals surface area contributed by atoms with Crippen LogP contribution in [0.25, 0.3) is 0 Å². The number of nitrogens with two attached hydrogens (primary N) is 1. The summed E-state index contributed by atoms with van der Waals surface area (Å²) in [5.41, 5.74) is 6.56. The summed E-state index contributed by atoms with van der Waals surface area (Å²) in [4.78, 5) is 0. The maximum Gasteiger partial charge on any atom is 0.255 e. The van der Waals surface area contributed by atoms with Crippen LogP contribution in [0.2, 0.25) is 0 Å². The standard InChI is InChI=1S/C10H14F2N2O/c1-2-15-8-5-3-4-7(10(8)13)14-6-9(11)12/h3-5,9,14H,2,6,13H2,1H3. The third-order valence-corrected chi connectivity index (χ3v) is 1.81. The second-order valence-corrected chi connectivity index (χ2v) is 2.92. The minimum absolute atomic E-state index is 0.361. The minimum atomic E-state index is -2.40. The van der Waals surface area contributed by atoms with Gasteiger partial charge in [-0.3, -0.25) is 0 Å². The van der Waals surface area contributed by atoms with Crippen LogP contribution in [0.5, 0.6) is 5.75 Å². The van der Waals surface area contributed by atoms with Crippen molar-refractivity contribution in [3.05, 3.63) is 18.2 Å². The predicted octanol–water partition coefficient (Wildman–Crippen LogP) is 2.34. The van der Waals surface area contributed by atoms with Crippen LogP contribution in [-0.2, 0) is 0 Å². The number of anilines is 2. The molecule has 0 amide bonds. The summed E-state index contributed by atoms with van der Waals surface area (Å²) >= 11 is 0. The van der Waals surface area contributed by atoms with Gasteiger partial charge in [0.1, 0.15) is 5.75 Å². The molecule has 0 atom stereocenters. The first kappa shape index (κ1) is 11.6. The third kappa shape index (κ3) is 3.27. The number of para-hydroxylation sites is 1. The number of nitrogen functional groups attached to an aromatic ring is 1. The highest BCUT2D eigenvalue weighted by Gasteiger charge is 2.07. The Morgan fingerprint density at radius 3 is 2.80 bits per heavy atom. The zero-order chi connectivity index (χ0) is 11.3. The van der Waals surface area contributed by atoms with Crippen molar-refractivity contribution in [2.75, 3.05) is 24.2 Å². The van der Waals surface area contributed by atoms with Crippen molar-refractivity contribution >= 4 is 11.4 Å². The lowest BCUT2D eigenvalue weighted by Crippen LogP contribution is -2.12. The maximum absolute atomic E-state index is 12.0.